The van der Waals surface area contributed by atoms with Gasteiger partial charge in [0.1, 0.15) is 0 Å². The van der Waals surface area contributed by atoms with Gasteiger partial charge in [0, 0.05) is 6.20 Å². The first kappa shape index (κ1) is 13.3. The lowest BCUT2D eigenvalue weighted by molar-refractivity contribution is -0.0910. The maximum atomic E-state index is 5.99. The number of nitrogens with zero attached hydrogens (tertiary/aromatic N) is 1. The smallest absolute Gasteiger partial charge is 0.221 e. The predicted octanol–water partition coefficient (Wildman–Crippen LogP) is 3.08. The summed E-state index contributed by atoms with van der Waals surface area (Å²) in [5, 5.41) is 0. The molecule has 1 fully saturated rings. The van der Waals surface area contributed by atoms with Crippen LogP contribution in [0.4, 0.5) is 0 Å². The molecule has 4 nitrogen and oxygen atoms in total. The maximum absolute atomic E-state index is 5.99. The molecule has 0 saturated carbocycles. The lowest BCUT2D eigenvalue weighted by atomic mass is 9.90. The topological polar surface area (TPSA) is 40.6 Å². The van der Waals surface area contributed by atoms with Crippen molar-refractivity contribution < 1.29 is 14.2 Å². The van der Waals surface area contributed by atoms with Crippen LogP contribution in [0.15, 0.2) is 18.3 Å². The van der Waals surface area contributed by atoms with Crippen molar-refractivity contribution in [2.45, 2.75) is 52.1 Å². The minimum Gasteiger partial charge on any atom is -0.478 e. The fourth-order valence-corrected chi connectivity index (χ4v) is 1.81. The normalized spacial score (nSPS) is 22.1. The van der Waals surface area contributed by atoms with Crippen LogP contribution in [-0.4, -0.2) is 22.8 Å². The summed E-state index contributed by atoms with van der Waals surface area (Å²) in [6, 6.07) is 3.79. The molecule has 0 atom stereocenters. The minimum absolute atomic E-state index is 0.350. The van der Waals surface area contributed by atoms with Gasteiger partial charge in [0.05, 0.1) is 23.4 Å². The second-order valence-electron chi connectivity index (χ2n) is 5.42. The Labute approximate surface area is 108 Å². The number of hydrogen-bond donors (Lipinski definition) is 0. The molecule has 0 spiro atoms. The number of aromatic nitrogens is 1. The highest BCUT2D eigenvalue weighted by Crippen LogP contribution is 2.46. The molecule has 0 bridgehead atoms. The monoisotopic (exact) mass is 251 g/mol. The highest BCUT2D eigenvalue weighted by Gasteiger charge is 2.50. The third-order valence-corrected chi connectivity index (χ3v) is 3.59. The van der Waals surface area contributed by atoms with Gasteiger partial charge in [-0.05, 0) is 46.8 Å². The Morgan fingerprint density at radius 3 is 2.39 bits per heavy atom. The first-order chi connectivity index (χ1) is 8.37. The molecule has 1 aromatic heterocycles. The minimum atomic E-state index is -0.426. The number of hydrogen-bond acceptors (Lipinski definition) is 4. The van der Waals surface area contributed by atoms with Crippen LogP contribution in [0.5, 0.6) is 5.88 Å². The second-order valence-corrected chi connectivity index (χ2v) is 5.42. The van der Waals surface area contributed by atoms with Gasteiger partial charge in [-0.1, -0.05) is 0 Å². The van der Waals surface area contributed by atoms with Gasteiger partial charge < -0.3 is 14.2 Å². The zero-order valence-electron chi connectivity index (χ0n) is 11.7. The van der Waals surface area contributed by atoms with Gasteiger partial charge in [0.15, 0.2) is 6.29 Å². The standard InChI is InChI=1S/C14H21NO3/c1-6-16-11-10(8-7-9-15-11)12-17-13(2,3)14(4,5)18-12/h7-9,12H,6H2,1-5H3. The van der Waals surface area contributed by atoms with E-state index in [4.69, 9.17) is 14.2 Å². The van der Waals surface area contributed by atoms with Crippen LogP contribution in [0.3, 0.4) is 0 Å². The molecule has 100 valence electrons. The molecule has 1 saturated heterocycles. The Balaban J connectivity index is 2.29. The van der Waals surface area contributed by atoms with Crippen LogP contribution in [0.25, 0.3) is 0 Å². The summed E-state index contributed by atoms with van der Waals surface area (Å²) in [7, 11) is 0. The van der Waals surface area contributed by atoms with E-state index in [0.717, 1.165) is 5.56 Å². The Bertz CT molecular complexity index is 413. The zero-order valence-corrected chi connectivity index (χ0v) is 11.7. The van der Waals surface area contributed by atoms with E-state index in [1.807, 2.05) is 46.8 Å². The average molecular weight is 251 g/mol. The van der Waals surface area contributed by atoms with Crippen molar-refractivity contribution in [1.82, 2.24) is 4.98 Å². The van der Waals surface area contributed by atoms with E-state index in [9.17, 15) is 0 Å². The molecule has 0 N–H and O–H groups in total. The number of rotatable bonds is 3. The SMILES string of the molecule is CCOc1ncccc1C1OC(C)(C)C(C)(C)O1. The Morgan fingerprint density at radius 1 is 1.22 bits per heavy atom. The van der Waals surface area contributed by atoms with Crippen molar-refractivity contribution in [3.63, 3.8) is 0 Å². The van der Waals surface area contributed by atoms with Gasteiger partial charge in [0.25, 0.3) is 0 Å². The summed E-state index contributed by atoms with van der Waals surface area (Å²) in [6.07, 6.45) is 1.28. The van der Waals surface area contributed by atoms with E-state index < -0.39 is 6.29 Å². The van der Waals surface area contributed by atoms with Crippen molar-refractivity contribution >= 4 is 0 Å². The molecular formula is C14H21NO3. The van der Waals surface area contributed by atoms with Crippen LogP contribution < -0.4 is 4.74 Å². The van der Waals surface area contributed by atoms with Crippen LogP contribution in [0.1, 0.15) is 46.5 Å². The lowest BCUT2D eigenvalue weighted by Gasteiger charge is -2.30. The molecule has 1 aliphatic rings. The maximum Gasteiger partial charge on any atom is 0.221 e. The van der Waals surface area contributed by atoms with E-state index >= 15 is 0 Å². The molecule has 1 aromatic rings. The fourth-order valence-electron chi connectivity index (χ4n) is 1.81. The van der Waals surface area contributed by atoms with Crippen molar-refractivity contribution in [3.8, 4) is 5.88 Å². The molecule has 2 rings (SSSR count). The average Bonchev–Trinajstić information content (AvgIpc) is 2.49. The molecule has 0 aromatic carbocycles. The molecule has 4 heteroatoms. The van der Waals surface area contributed by atoms with Gasteiger partial charge in [0.2, 0.25) is 5.88 Å². The van der Waals surface area contributed by atoms with Crippen LogP contribution in [0.2, 0.25) is 0 Å². The third-order valence-electron chi connectivity index (χ3n) is 3.59. The molecule has 2 heterocycles. The van der Waals surface area contributed by atoms with Crippen LogP contribution in [0, 0.1) is 0 Å². The van der Waals surface area contributed by atoms with Gasteiger partial charge >= 0.3 is 0 Å². The van der Waals surface area contributed by atoms with Crippen molar-refractivity contribution in [1.29, 1.82) is 0 Å². The highest BCUT2D eigenvalue weighted by molar-refractivity contribution is 5.27. The van der Waals surface area contributed by atoms with E-state index in [0.29, 0.717) is 12.5 Å². The third kappa shape index (κ3) is 2.22. The molecule has 0 unspecified atom stereocenters. The Morgan fingerprint density at radius 2 is 1.83 bits per heavy atom. The lowest BCUT2D eigenvalue weighted by Crippen LogP contribution is -2.41. The van der Waals surface area contributed by atoms with E-state index in [1.165, 1.54) is 0 Å². The van der Waals surface area contributed by atoms with Crippen molar-refractivity contribution in [3.05, 3.63) is 23.9 Å². The number of ether oxygens (including phenoxy) is 3. The van der Waals surface area contributed by atoms with Crippen molar-refractivity contribution in [2.24, 2.45) is 0 Å². The molecular weight excluding hydrogens is 230 g/mol. The summed E-state index contributed by atoms with van der Waals surface area (Å²) in [5.41, 5.74) is 0.145. The highest BCUT2D eigenvalue weighted by atomic mass is 16.7. The second kappa shape index (κ2) is 4.52. The quantitative estimate of drug-likeness (QED) is 0.827. The molecule has 0 aliphatic carbocycles. The van der Waals surface area contributed by atoms with Gasteiger partial charge in [-0.15, -0.1) is 0 Å². The summed E-state index contributed by atoms with van der Waals surface area (Å²) < 4.78 is 17.5. The van der Waals surface area contributed by atoms with E-state index in [1.54, 1.807) is 6.20 Å². The van der Waals surface area contributed by atoms with E-state index in [-0.39, 0.29) is 11.2 Å². The van der Waals surface area contributed by atoms with Gasteiger partial charge in [-0.3, -0.25) is 0 Å². The molecule has 0 radical (unpaired) electrons. The molecule has 18 heavy (non-hydrogen) atoms. The van der Waals surface area contributed by atoms with Crippen molar-refractivity contribution in [2.75, 3.05) is 6.61 Å². The predicted molar refractivity (Wildman–Crippen MR) is 68.5 cm³/mol. The molecule has 1 aliphatic heterocycles. The first-order valence-corrected chi connectivity index (χ1v) is 6.31. The summed E-state index contributed by atoms with van der Waals surface area (Å²) in [6.45, 7) is 10.6. The first-order valence-electron chi connectivity index (χ1n) is 6.31. The van der Waals surface area contributed by atoms with Crippen LogP contribution >= 0.6 is 0 Å². The summed E-state index contributed by atoms with van der Waals surface area (Å²) in [5.74, 6) is 0.582. The largest absolute Gasteiger partial charge is 0.478 e. The summed E-state index contributed by atoms with van der Waals surface area (Å²) in [4.78, 5) is 4.23. The van der Waals surface area contributed by atoms with Gasteiger partial charge in [-0.25, -0.2) is 4.98 Å². The number of pyridine rings is 1. The summed E-state index contributed by atoms with van der Waals surface area (Å²) >= 11 is 0. The fraction of sp³-hybridized carbons (Fsp3) is 0.643. The van der Waals surface area contributed by atoms with Crippen LogP contribution in [-0.2, 0) is 9.47 Å². The Kier molecular flexibility index (Phi) is 3.34. The molecule has 0 amide bonds. The zero-order chi connectivity index (χ0) is 13.4. The van der Waals surface area contributed by atoms with Gasteiger partial charge in [-0.2, -0.15) is 0 Å². The van der Waals surface area contributed by atoms with E-state index in [2.05, 4.69) is 4.98 Å². The Hall–Kier alpha value is -1.13.